The third-order valence-electron chi connectivity index (χ3n) is 6.55. The van der Waals surface area contributed by atoms with Crippen LogP contribution in [0.15, 0.2) is 66.2 Å². The molecule has 13 heteroatoms. The van der Waals surface area contributed by atoms with Crippen molar-refractivity contribution in [2.24, 2.45) is 5.92 Å². The van der Waals surface area contributed by atoms with Crippen molar-refractivity contribution in [3.63, 3.8) is 0 Å². The summed E-state index contributed by atoms with van der Waals surface area (Å²) in [7, 11) is 0. The molecule has 1 aliphatic heterocycles. The van der Waals surface area contributed by atoms with Crippen molar-refractivity contribution in [1.29, 1.82) is 0 Å². The monoisotopic (exact) mass is 590 g/mol. The van der Waals surface area contributed by atoms with Crippen LogP contribution < -0.4 is 10.2 Å². The van der Waals surface area contributed by atoms with Crippen molar-refractivity contribution in [1.82, 2.24) is 9.97 Å². The highest BCUT2D eigenvalue weighted by molar-refractivity contribution is 7.14. The molecule has 0 radical (unpaired) electrons. The Kier molecular flexibility index (Phi) is 7.47. The van der Waals surface area contributed by atoms with E-state index < -0.39 is 35.4 Å². The van der Waals surface area contributed by atoms with Crippen LogP contribution in [-0.2, 0) is 11.0 Å². The number of anilines is 2. The van der Waals surface area contributed by atoms with Crippen LogP contribution in [0.3, 0.4) is 0 Å². The van der Waals surface area contributed by atoms with Crippen molar-refractivity contribution in [2.45, 2.75) is 12.1 Å². The Labute approximate surface area is 234 Å². The number of hydrogen-bond acceptors (Lipinski definition) is 6. The second kappa shape index (κ2) is 10.9. The van der Waals surface area contributed by atoms with Crippen LogP contribution in [0.1, 0.15) is 27.4 Å². The number of thiazole rings is 1. The number of carbonyl (C=O) groups excluding carboxylic acids is 1. The van der Waals surface area contributed by atoms with Gasteiger partial charge in [-0.15, -0.1) is 11.3 Å². The second-order valence-electron chi connectivity index (χ2n) is 9.05. The molecule has 0 saturated carbocycles. The van der Waals surface area contributed by atoms with Gasteiger partial charge in [-0.3, -0.25) is 14.9 Å². The summed E-state index contributed by atoms with van der Waals surface area (Å²) in [6.07, 6.45) is -3.58. The molecule has 1 aliphatic rings. The average Bonchev–Trinajstić information content (AvgIpc) is 3.56. The summed E-state index contributed by atoms with van der Waals surface area (Å²) in [4.78, 5) is 34.9. The van der Waals surface area contributed by atoms with Crippen molar-refractivity contribution in [3.05, 3.63) is 93.7 Å². The number of pyridine rings is 1. The van der Waals surface area contributed by atoms with Gasteiger partial charge in [0.2, 0.25) is 0 Å². The molecule has 0 spiro atoms. The lowest BCUT2D eigenvalue weighted by Crippen LogP contribution is -2.24. The Hall–Kier alpha value is -4.03. The number of carboxylic acids is 1. The Balaban J connectivity index is 1.31. The number of aromatic nitrogens is 2. The highest BCUT2D eigenvalue weighted by Gasteiger charge is 2.40. The van der Waals surface area contributed by atoms with Crippen molar-refractivity contribution in [3.8, 4) is 11.3 Å². The third-order valence-corrected chi connectivity index (χ3v) is 7.59. The van der Waals surface area contributed by atoms with Gasteiger partial charge in [0.05, 0.1) is 27.8 Å². The van der Waals surface area contributed by atoms with E-state index in [-0.39, 0.29) is 39.4 Å². The molecule has 2 aromatic heterocycles. The van der Waals surface area contributed by atoms with Crippen LogP contribution >= 0.6 is 22.9 Å². The van der Waals surface area contributed by atoms with Gasteiger partial charge in [0, 0.05) is 36.1 Å². The normalized spacial score (nSPS) is 17.2. The van der Waals surface area contributed by atoms with Crippen LogP contribution in [0.5, 0.6) is 0 Å². The van der Waals surface area contributed by atoms with Crippen LogP contribution in [0.2, 0.25) is 5.02 Å². The van der Waals surface area contributed by atoms with Crippen molar-refractivity contribution < 1.29 is 32.3 Å². The number of halogens is 5. The number of alkyl halides is 3. The first kappa shape index (κ1) is 27.5. The molecule has 1 saturated heterocycles. The number of benzene rings is 2. The first-order chi connectivity index (χ1) is 19.0. The molecule has 2 N–H and O–H groups in total. The number of nitrogens with one attached hydrogen (secondary N) is 1. The molecule has 2 atom stereocenters. The van der Waals surface area contributed by atoms with Crippen LogP contribution in [0.4, 0.5) is 28.5 Å². The Morgan fingerprint density at radius 2 is 1.85 bits per heavy atom. The molecule has 0 aliphatic carbocycles. The minimum absolute atomic E-state index is 0.0338. The number of amides is 1. The number of hydrogen-bond donors (Lipinski definition) is 2. The molecule has 7 nitrogen and oxygen atoms in total. The number of aliphatic carboxylic acids is 1. The maximum atomic E-state index is 14.5. The van der Waals surface area contributed by atoms with E-state index in [9.17, 15) is 32.3 Å². The Morgan fingerprint density at radius 3 is 2.52 bits per heavy atom. The predicted octanol–water partition coefficient (Wildman–Crippen LogP) is 6.57. The van der Waals surface area contributed by atoms with E-state index in [1.54, 1.807) is 4.90 Å². The van der Waals surface area contributed by atoms with Crippen molar-refractivity contribution >= 4 is 45.8 Å². The van der Waals surface area contributed by atoms with E-state index in [4.69, 9.17) is 11.6 Å². The summed E-state index contributed by atoms with van der Waals surface area (Å²) in [5.74, 6) is -3.65. The van der Waals surface area contributed by atoms with Crippen LogP contribution in [0, 0.1) is 11.7 Å². The Bertz CT molecular complexity index is 1580. The van der Waals surface area contributed by atoms with Gasteiger partial charge in [-0.05, 0) is 23.8 Å². The number of carboxylic acid groups (broad SMARTS) is 1. The second-order valence-corrected chi connectivity index (χ2v) is 10.3. The van der Waals surface area contributed by atoms with E-state index in [2.05, 4.69) is 15.3 Å². The topological polar surface area (TPSA) is 95.4 Å². The molecule has 4 aromatic rings. The lowest BCUT2D eigenvalue weighted by molar-refractivity contribution is -0.141. The van der Waals surface area contributed by atoms with Gasteiger partial charge < -0.3 is 10.0 Å². The van der Waals surface area contributed by atoms with Gasteiger partial charge in [-0.25, -0.2) is 14.4 Å². The summed E-state index contributed by atoms with van der Waals surface area (Å²) < 4.78 is 53.7. The SMILES string of the molecule is O=C(Nc1nc(-c2cccc(C(F)(F)F)c2F)cs1)c1cnc(N2C[C@@H](C(=O)O)[C@H](c3ccccc3)C2)c(Cl)c1. The van der Waals surface area contributed by atoms with Gasteiger partial charge in [-0.1, -0.05) is 48.0 Å². The Morgan fingerprint density at radius 1 is 1.10 bits per heavy atom. The zero-order valence-corrected chi connectivity index (χ0v) is 21.9. The summed E-state index contributed by atoms with van der Waals surface area (Å²) in [6.45, 7) is 0.550. The minimum atomic E-state index is -4.86. The zero-order valence-electron chi connectivity index (χ0n) is 20.3. The molecule has 1 amide bonds. The van der Waals surface area contributed by atoms with E-state index in [0.717, 1.165) is 23.0 Å². The maximum absolute atomic E-state index is 14.5. The lowest BCUT2D eigenvalue weighted by Gasteiger charge is -2.19. The van der Waals surface area contributed by atoms with E-state index >= 15 is 0 Å². The number of nitrogens with zero attached hydrogens (tertiary/aromatic N) is 3. The van der Waals surface area contributed by atoms with E-state index in [1.165, 1.54) is 23.7 Å². The van der Waals surface area contributed by atoms with Gasteiger partial charge in [0.15, 0.2) is 5.13 Å². The molecule has 40 heavy (non-hydrogen) atoms. The summed E-state index contributed by atoms with van der Waals surface area (Å²) in [5, 5.41) is 13.8. The summed E-state index contributed by atoms with van der Waals surface area (Å²) in [6, 6.07) is 13.6. The molecule has 0 bridgehead atoms. The molecule has 206 valence electrons. The van der Waals surface area contributed by atoms with Gasteiger partial charge in [0.1, 0.15) is 11.6 Å². The van der Waals surface area contributed by atoms with Crippen LogP contribution in [0.25, 0.3) is 11.3 Å². The molecule has 5 rings (SSSR count). The molecular weight excluding hydrogens is 572 g/mol. The molecule has 0 unspecified atom stereocenters. The van der Waals surface area contributed by atoms with Gasteiger partial charge >= 0.3 is 12.1 Å². The summed E-state index contributed by atoms with van der Waals surface area (Å²) in [5.41, 5.74) is -0.862. The highest BCUT2D eigenvalue weighted by Crippen LogP contribution is 2.38. The molecular formula is C27H19ClF4N4O3S. The smallest absolute Gasteiger partial charge is 0.419 e. The fourth-order valence-corrected chi connectivity index (χ4v) is 5.62. The van der Waals surface area contributed by atoms with Gasteiger partial charge in [0.25, 0.3) is 5.91 Å². The first-order valence-corrected chi connectivity index (χ1v) is 13.1. The number of rotatable bonds is 6. The van der Waals surface area contributed by atoms with Crippen molar-refractivity contribution in [2.75, 3.05) is 23.3 Å². The van der Waals surface area contributed by atoms with Crippen LogP contribution in [-0.4, -0.2) is 40.0 Å². The van der Waals surface area contributed by atoms with Gasteiger partial charge in [-0.2, -0.15) is 13.2 Å². The standard InChI is InChI=1S/C27H19ClF4N4O3S/c28-20-9-15(10-33-23(20)36-11-17(18(12-36)25(38)39)14-5-2-1-3-6-14)24(37)35-26-34-21(13-40-26)16-7-4-8-19(22(16)29)27(30,31)32/h1-10,13,17-18H,11-12H2,(H,38,39)(H,34,35,37)/t17-,18+/m0/s1. The maximum Gasteiger partial charge on any atom is 0.419 e. The largest absolute Gasteiger partial charge is 0.481 e. The fraction of sp³-hybridized carbons (Fsp3) is 0.185. The first-order valence-electron chi connectivity index (χ1n) is 11.8. The predicted molar refractivity (Wildman–Crippen MR) is 142 cm³/mol. The molecule has 1 fully saturated rings. The zero-order chi connectivity index (χ0) is 28.6. The highest BCUT2D eigenvalue weighted by atomic mass is 35.5. The minimum Gasteiger partial charge on any atom is -0.481 e. The quantitative estimate of drug-likeness (QED) is 0.247. The van der Waals surface area contributed by atoms with E-state index in [1.807, 2.05) is 30.3 Å². The lowest BCUT2D eigenvalue weighted by atomic mass is 9.89. The summed E-state index contributed by atoms with van der Waals surface area (Å²) >= 11 is 7.36. The molecule has 3 heterocycles. The van der Waals surface area contributed by atoms with E-state index in [0.29, 0.717) is 18.4 Å². The third kappa shape index (κ3) is 5.50. The fourth-order valence-electron chi connectivity index (χ4n) is 4.63. The average molecular weight is 591 g/mol. The number of carbonyl (C=O) groups is 2. The molecule has 2 aromatic carbocycles.